The van der Waals surface area contributed by atoms with Crippen molar-refractivity contribution in [3.8, 4) is 0 Å². The minimum Gasteiger partial charge on any atom is -0.384 e. The zero-order valence-corrected chi connectivity index (χ0v) is 10.5. The third-order valence-corrected chi connectivity index (χ3v) is 4.46. The maximum absolute atomic E-state index is 10.5. The van der Waals surface area contributed by atoms with E-state index in [1.54, 1.807) is 11.3 Å². The molecule has 0 radical (unpaired) electrons. The van der Waals surface area contributed by atoms with Crippen molar-refractivity contribution in [1.82, 2.24) is 0 Å². The van der Waals surface area contributed by atoms with Gasteiger partial charge in [0.15, 0.2) is 0 Å². The normalized spacial score (nSPS) is 18.1. The third kappa shape index (κ3) is 2.03. The number of hydrogen-bond donors (Lipinski definition) is 1. The van der Waals surface area contributed by atoms with Gasteiger partial charge in [-0.1, -0.05) is 24.3 Å². The molecule has 1 aliphatic rings. The quantitative estimate of drug-likeness (QED) is 0.774. The van der Waals surface area contributed by atoms with Crippen LogP contribution in [0.15, 0.2) is 41.3 Å². The summed E-state index contributed by atoms with van der Waals surface area (Å²) in [5.41, 5.74) is 2.29. The number of benzene rings is 1. The Morgan fingerprint density at radius 2 is 2.06 bits per heavy atom. The highest BCUT2D eigenvalue weighted by Crippen LogP contribution is 2.36. The van der Waals surface area contributed by atoms with Crippen LogP contribution in [0.25, 0.3) is 10.1 Å². The second-order valence-corrected chi connectivity index (χ2v) is 5.53. The third-order valence-electron chi connectivity index (χ3n) is 3.48. The minimum atomic E-state index is -0.397. The molecule has 1 aromatic heterocycles. The van der Waals surface area contributed by atoms with Crippen LogP contribution in [0.2, 0.25) is 0 Å². The van der Waals surface area contributed by atoms with E-state index in [0.717, 1.165) is 18.4 Å². The van der Waals surface area contributed by atoms with Crippen LogP contribution in [-0.4, -0.2) is 5.11 Å². The first-order valence-corrected chi connectivity index (χ1v) is 7.07. The van der Waals surface area contributed by atoms with Crippen molar-refractivity contribution in [3.63, 3.8) is 0 Å². The van der Waals surface area contributed by atoms with Gasteiger partial charge in [0.25, 0.3) is 0 Å². The van der Waals surface area contributed by atoms with Gasteiger partial charge in [-0.25, -0.2) is 0 Å². The molecule has 1 N–H and O–H groups in total. The van der Waals surface area contributed by atoms with Crippen LogP contribution in [0, 0.1) is 0 Å². The molecule has 0 saturated heterocycles. The van der Waals surface area contributed by atoms with Gasteiger partial charge < -0.3 is 5.11 Å². The predicted molar refractivity (Wildman–Crippen MR) is 73.3 cm³/mol. The van der Waals surface area contributed by atoms with E-state index in [1.807, 2.05) is 6.07 Å². The highest BCUT2D eigenvalue weighted by molar-refractivity contribution is 7.17. The summed E-state index contributed by atoms with van der Waals surface area (Å²) in [6.45, 7) is 0. The highest BCUT2D eigenvalue weighted by atomic mass is 32.1. The molecule has 0 saturated carbocycles. The summed E-state index contributed by atoms with van der Waals surface area (Å²) in [6.07, 6.45) is 6.47. The lowest BCUT2D eigenvalue weighted by molar-refractivity contribution is 0.210. The predicted octanol–water partition coefficient (Wildman–Crippen LogP) is 4.44. The van der Waals surface area contributed by atoms with Gasteiger partial charge in [-0.2, -0.15) is 0 Å². The minimum absolute atomic E-state index is 0.397. The summed E-state index contributed by atoms with van der Waals surface area (Å²) in [5.74, 6) is 0. The zero-order valence-electron chi connectivity index (χ0n) is 9.73. The Bertz CT molecular complexity index is 553. The molecule has 2 heteroatoms. The van der Waals surface area contributed by atoms with Crippen LogP contribution in [0.4, 0.5) is 0 Å². The van der Waals surface area contributed by atoms with Gasteiger partial charge in [0.1, 0.15) is 6.10 Å². The average Bonchev–Trinajstić information content (AvgIpc) is 2.83. The average molecular weight is 244 g/mol. The molecule has 0 spiro atoms. The molecule has 1 unspecified atom stereocenters. The molecule has 17 heavy (non-hydrogen) atoms. The highest BCUT2D eigenvalue weighted by Gasteiger charge is 2.18. The van der Waals surface area contributed by atoms with Gasteiger partial charge >= 0.3 is 0 Å². The molecular formula is C15H16OS. The van der Waals surface area contributed by atoms with Crippen LogP contribution in [0.5, 0.6) is 0 Å². The van der Waals surface area contributed by atoms with E-state index in [0.29, 0.717) is 0 Å². The first-order chi connectivity index (χ1) is 8.36. The van der Waals surface area contributed by atoms with Gasteiger partial charge in [0.2, 0.25) is 0 Å². The SMILES string of the molecule is OC(C1=CCCCC1)c1csc2ccccc12. The number of allylic oxidation sites excluding steroid dienone is 1. The molecule has 1 atom stereocenters. The van der Waals surface area contributed by atoms with E-state index in [4.69, 9.17) is 0 Å². The topological polar surface area (TPSA) is 20.2 Å². The van der Waals surface area contributed by atoms with E-state index >= 15 is 0 Å². The Morgan fingerprint density at radius 3 is 2.88 bits per heavy atom. The van der Waals surface area contributed by atoms with Crippen molar-refractivity contribution >= 4 is 21.4 Å². The second kappa shape index (κ2) is 4.63. The first kappa shape index (κ1) is 11.0. The largest absolute Gasteiger partial charge is 0.384 e. The Balaban J connectivity index is 2.00. The Labute approximate surface area is 105 Å². The summed E-state index contributed by atoms with van der Waals surface area (Å²) < 4.78 is 1.26. The van der Waals surface area contributed by atoms with Gasteiger partial charge in [-0.15, -0.1) is 11.3 Å². The summed E-state index contributed by atoms with van der Waals surface area (Å²) in [4.78, 5) is 0. The molecule has 0 aliphatic heterocycles. The number of aliphatic hydroxyl groups is 1. The van der Waals surface area contributed by atoms with Crippen molar-refractivity contribution < 1.29 is 5.11 Å². The molecule has 3 rings (SSSR count). The Hall–Kier alpha value is -1.12. The van der Waals surface area contributed by atoms with Crippen LogP contribution in [0.3, 0.4) is 0 Å². The maximum atomic E-state index is 10.5. The van der Waals surface area contributed by atoms with Crippen LogP contribution in [-0.2, 0) is 0 Å². The van der Waals surface area contributed by atoms with Gasteiger partial charge in [-0.3, -0.25) is 0 Å². The Kier molecular flexibility index (Phi) is 3.00. The van der Waals surface area contributed by atoms with Crippen molar-refractivity contribution in [3.05, 3.63) is 46.9 Å². The molecule has 0 amide bonds. The Morgan fingerprint density at radius 1 is 1.18 bits per heavy atom. The van der Waals surface area contributed by atoms with E-state index in [-0.39, 0.29) is 0 Å². The summed E-state index contributed by atoms with van der Waals surface area (Å²) in [6, 6.07) is 8.31. The fraction of sp³-hybridized carbons (Fsp3) is 0.333. The fourth-order valence-corrected chi connectivity index (χ4v) is 3.50. The smallest absolute Gasteiger partial charge is 0.101 e. The standard InChI is InChI=1S/C15H16OS/c16-15(11-6-2-1-3-7-11)13-10-17-14-9-5-4-8-12(13)14/h4-6,8-10,15-16H,1-3,7H2. The van der Waals surface area contributed by atoms with Crippen LogP contribution < -0.4 is 0 Å². The first-order valence-electron chi connectivity index (χ1n) is 6.19. The monoisotopic (exact) mass is 244 g/mol. The summed E-state index contributed by atoms with van der Waals surface area (Å²) >= 11 is 1.72. The zero-order chi connectivity index (χ0) is 11.7. The molecule has 1 heterocycles. The van der Waals surface area contributed by atoms with Crippen molar-refractivity contribution in [1.29, 1.82) is 0 Å². The second-order valence-electron chi connectivity index (χ2n) is 4.61. The number of aliphatic hydroxyl groups excluding tert-OH is 1. The van der Waals surface area contributed by atoms with Gasteiger partial charge in [-0.05, 0) is 48.1 Å². The van der Waals surface area contributed by atoms with Crippen molar-refractivity contribution in [2.45, 2.75) is 31.8 Å². The molecule has 1 aliphatic carbocycles. The molecule has 2 aromatic rings. The molecule has 1 aromatic carbocycles. The van der Waals surface area contributed by atoms with Crippen molar-refractivity contribution in [2.75, 3.05) is 0 Å². The molecule has 0 fully saturated rings. The molecule has 1 nitrogen and oxygen atoms in total. The van der Waals surface area contributed by atoms with E-state index in [2.05, 4.69) is 29.7 Å². The van der Waals surface area contributed by atoms with Crippen molar-refractivity contribution in [2.24, 2.45) is 0 Å². The number of thiophene rings is 1. The van der Waals surface area contributed by atoms with E-state index in [9.17, 15) is 5.11 Å². The number of hydrogen-bond acceptors (Lipinski definition) is 2. The summed E-state index contributed by atoms with van der Waals surface area (Å²) in [5, 5.41) is 13.8. The van der Waals surface area contributed by atoms with Crippen LogP contribution in [0.1, 0.15) is 37.4 Å². The molecular weight excluding hydrogens is 228 g/mol. The molecule has 0 bridgehead atoms. The molecule has 88 valence electrons. The lowest BCUT2D eigenvalue weighted by Gasteiger charge is -2.18. The number of fused-ring (bicyclic) bond motifs is 1. The number of rotatable bonds is 2. The fourth-order valence-electron chi connectivity index (χ4n) is 2.52. The van der Waals surface area contributed by atoms with Gasteiger partial charge in [0, 0.05) is 10.3 Å². The summed E-state index contributed by atoms with van der Waals surface area (Å²) in [7, 11) is 0. The lowest BCUT2D eigenvalue weighted by atomic mass is 9.92. The maximum Gasteiger partial charge on any atom is 0.101 e. The van der Waals surface area contributed by atoms with E-state index < -0.39 is 6.10 Å². The van der Waals surface area contributed by atoms with E-state index in [1.165, 1.54) is 28.5 Å². The van der Waals surface area contributed by atoms with Gasteiger partial charge in [0.05, 0.1) is 0 Å². The lowest BCUT2D eigenvalue weighted by Crippen LogP contribution is -2.04. The van der Waals surface area contributed by atoms with Crippen LogP contribution >= 0.6 is 11.3 Å².